The van der Waals surface area contributed by atoms with Gasteiger partial charge in [0.15, 0.2) is 11.5 Å². The molecule has 0 fully saturated rings. The van der Waals surface area contributed by atoms with Gasteiger partial charge < -0.3 is 15.6 Å². The fourth-order valence-corrected chi connectivity index (χ4v) is 2.64. The first-order valence-electron chi connectivity index (χ1n) is 7.44. The molecule has 4 rings (SSSR count). The summed E-state index contributed by atoms with van der Waals surface area (Å²) in [6.07, 6.45) is 1.57. The van der Waals surface area contributed by atoms with Gasteiger partial charge in [0.2, 0.25) is 5.95 Å². The number of rotatable bonds is 4. The van der Waals surface area contributed by atoms with Gasteiger partial charge in [0.1, 0.15) is 5.52 Å². The Morgan fingerprint density at radius 2 is 1.68 bits per heavy atom. The molecule has 0 radical (unpaired) electrons. The zero-order valence-electron chi connectivity index (χ0n) is 12.8. The number of H-pyrrole nitrogens is 1. The van der Waals surface area contributed by atoms with Crippen LogP contribution in [0.15, 0.2) is 54.9 Å². The summed E-state index contributed by atoms with van der Waals surface area (Å²) >= 11 is 12.1. The summed E-state index contributed by atoms with van der Waals surface area (Å²) in [5.41, 5.74) is 2.81. The second-order valence-corrected chi connectivity index (χ2v) is 6.08. The van der Waals surface area contributed by atoms with E-state index >= 15 is 0 Å². The molecule has 0 saturated carbocycles. The minimum absolute atomic E-state index is 0.413. The molecule has 0 bridgehead atoms. The van der Waals surface area contributed by atoms with E-state index < -0.39 is 0 Å². The summed E-state index contributed by atoms with van der Waals surface area (Å²) in [6, 6.07) is 14.7. The van der Waals surface area contributed by atoms with E-state index in [1.807, 2.05) is 36.4 Å². The molecule has 2 heterocycles. The summed E-state index contributed by atoms with van der Waals surface area (Å²) in [4.78, 5) is 16.2. The maximum absolute atomic E-state index is 6.22. The average molecular weight is 371 g/mol. The molecule has 25 heavy (non-hydrogen) atoms. The van der Waals surface area contributed by atoms with E-state index in [4.69, 9.17) is 23.2 Å². The SMILES string of the molecule is Clc1ccc(Nc2nc(Nc3ccccc3Cl)c3[nH]cnc3n2)cc1. The molecule has 0 atom stereocenters. The molecule has 0 unspecified atom stereocenters. The van der Waals surface area contributed by atoms with Crippen LogP contribution in [0.2, 0.25) is 10.0 Å². The lowest BCUT2D eigenvalue weighted by molar-refractivity contribution is 1.19. The van der Waals surface area contributed by atoms with Crippen molar-refractivity contribution in [3.8, 4) is 0 Å². The topological polar surface area (TPSA) is 78.5 Å². The smallest absolute Gasteiger partial charge is 0.231 e. The number of hydrogen-bond acceptors (Lipinski definition) is 5. The lowest BCUT2D eigenvalue weighted by atomic mass is 10.3. The second kappa shape index (κ2) is 6.58. The molecule has 2 aromatic heterocycles. The van der Waals surface area contributed by atoms with Crippen molar-refractivity contribution in [3.63, 3.8) is 0 Å². The molecule has 0 amide bonds. The quantitative estimate of drug-likeness (QED) is 0.463. The first kappa shape index (κ1) is 15.7. The molecule has 0 aliphatic rings. The first-order chi connectivity index (χ1) is 12.2. The third-order valence-electron chi connectivity index (χ3n) is 3.51. The van der Waals surface area contributed by atoms with E-state index in [1.54, 1.807) is 18.5 Å². The van der Waals surface area contributed by atoms with E-state index in [0.29, 0.717) is 33.0 Å². The molecule has 6 nitrogen and oxygen atoms in total. The van der Waals surface area contributed by atoms with Gasteiger partial charge in [0.25, 0.3) is 0 Å². The van der Waals surface area contributed by atoms with Crippen LogP contribution in [0.3, 0.4) is 0 Å². The first-order valence-corrected chi connectivity index (χ1v) is 8.20. The molecular weight excluding hydrogens is 359 g/mol. The van der Waals surface area contributed by atoms with Gasteiger partial charge in [-0.2, -0.15) is 9.97 Å². The largest absolute Gasteiger partial charge is 0.340 e. The molecule has 0 spiro atoms. The van der Waals surface area contributed by atoms with E-state index in [-0.39, 0.29) is 0 Å². The molecule has 2 aromatic carbocycles. The minimum Gasteiger partial charge on any atom is -0.340 e. The van der Waals surface area contributed by atoms with Crippen LogP contribution in [0.1, 0.15) is 0 Å². The molecule has 0 saturated heterocycles. The highest BCUT2D eigenvalue weighted by molar-refractivity contribution is 6.33. The zero-order chi connectivity index (χ0) is 17.2. The number of nitrogens with one attached hydrogen (secondary N) is 3. The van der Waals surface area contributed by atoms with Crippen molar-refractivity contribution >= 4 is 57.5 Å². The predicted octanol–water partition coefficient (Wildman–Crippen LogP) is 5.15. The predicted molar refractivity (Wildman–Crippen MR) is 101 cm³/mol. The van der Waals surface area contributed by atoms with Gasteiger partial charge in [-0.15, -0.1) is 0 Å². The van der Waals surface area contributed by atoms with Crippen molar-refractivity contribution in [1.29, 1.82) is 0 Å². The highest BCUT2D eigenvalue weighted by atomic mass is 35.5. The number of aromatic nitrogens is 4. The summed E-state index contributed by atoms with van der Waals surface area (Å²) in [6.45, 7) is 0. The number of benzene rings is 2. The maximum atomic E-state index is 6.22. The molecule has 124 valence electrons. The number of hydrogen-bond donors (Lipinski definition) is 3. The Hall–Kier alpha value is -2.83. The van der Waals surface area contributed by atoms with Gasteiger partial charge in [-0.1, -0.05) is 35.3 Å². The molecule has 3 N–H and O–H groups in total. The van der Waals surface area contributed by atoms with E-state index in [9.17, 15) is 0 Å². The third-order valence-corrected chi connectivity index (χ3v) is 4.09. The highest BCUT2D eigenvalue weighted by Crippen LogP contribution is 2.28. The molecule has 8 heteroatoms. The van der Waals surface area contributed by atoms with Crippen LogP contribution >= 0.6 is 23.2 Å². The number of nitrogens with zero attached hydrogens (tertiary/aromatic N) is 3. The van der Waals surface area contributed by atoms with E-state index in [0.717, 1.165) is 11.4 Å². The Kier molecular flexibility index (Phi) is 4.13. The fraction of sp³-hybridized carbons (Fsp3) is 0. The van der Waals surface area contributed by atoms with Crippen LogP contribution in [-0.2, 0) is 0 Å². The van der Waals surface area contributed by atoms with Gasteiger partial charge >= 0.3 is 0 Å². The molecular formula is C17H12Cl2N6. The van der Waals surface area contributed by atoms with Gasteiger partial charge in [-0.05, 0) is 36.4 Å². The van der Waals surface area contributed by atoms with Crippen molar-refractivity contribution in [3.05, 3.63) is 64.9 Å². The van der Waals surface area contributed by atoms with Crippen LogP contribution in [0.5, 0.6) is 0 Å². The van der Waals surface area contributed by atoms with Crippen molar-refractivity contribution < 1.29 is 0 Å². The average Bonchev–Trinajstić information content (AvgIpc) is 3.08. The van der Waals surface area contributed by atoms with Gasteiger partial charge in [-0.25, -0.2) is 4.98 Å². The number of fused-ring (bicyclic) bond motifs is 1. The molecule has 0 aliphatic heterocycles. The van der Waals surface area contributed by atoms with Crippen molar-refractivity contribution in [2.24, 2.45) is 0 Å². The summed E-state index contributed by atoms with van der Waals surface area (Å²) in [5, 5.41) is 7.63. The summed E-state index contributed by atoms with van der Waals surface area (Å²) in [5.74, 6) is 0.989. The highest BCUT2D eigenvalue weighted by Gasteiger charge is 2.11. The summed E-state index contributed by atoms with van der Waals surface area (Å²) < 4.78 is 0. The van der Waals surface area contributed by atoms with E-state index in [2.05, 4.69) is 30.6 Å². The Morgan fingerprint density at radius 3 is 2.48 bits per heavy atom. The fourth-order valence-electron chi connectivity index (χ4n) is 2.33. The van der Waals surface area contributed by atoms with Crippen LogP contribution in [0, 0.1) is 0 Å². The zero-order valence-corrected chi connectivity index (χ0v) is 14.3. The number of imidazole rings is 1. The number of anilines is 4. The van der Waals surface area contributed by atoms with Crippen molar-refractivity contribution in [1.82, 2.24) is 19.9 Å². The van der Waals surface area contributed by atoms with Crippen molar-refractivity contribution in [2.45, 2.75) is 0 Å². The molecule has 4 aromatic rings. The molecule has 0 aliphatic carbocycles. The lowest BCUT2D eigenvalue weighted by Crippen LogP contribution is -2.02. The van der Waals surface area contributed by atoms with Crippen LogP contribution in [-0.4, -0.2) is 19.9 Å². The Bertz CT molecular complexity index is 1030. The lowest BCUT2D eigenvalue weighted by Gasteiger charge is -2.10. The summed E-state index contributed by atoms with van der Waals surface area (Å²) in [7, 11) is 0. The maximum Gasteiger partial charge on any atom is 0.231 e. The Balaban J connectivity index is 1.72. The van der Waals surface area contributed by atoms with Crippen molar-refractivity contribution in [2.75, 3.05) is 10.6 Å². The number of aromatic amines is 1. The standard InChI is InChI=1S/C17H12Cl2N6/c18-10-5-7-11(8-6-10)22-17-24-15-14(20-9-21-15)16(25-17)23-13-4-2-1-3-12(13)19/h1-9H,(H3,20,21,22,23,24,25). The monoisotopic (exact) mass is 370 g/mol. The van der Waals surface area contributed by atoms with Crippen LogP contribution < -0.4 is 10.6 Å². The Labute approximate surface area is 153 Å². The van der Waals surface area contributed by atoms with Crippen LogP contribution in [0.25, 0.3) is 11.2 Å². The number of para-hydroxylation sites is 1. The van der Waals surface area contributed by atoms with Gasteiger partial charge in [0.05, 0.1) is 17.0 Å². The Morgan fingerprint density at radius 1 is 0.880 bits per heavy atom. The number of halogens is 2. The second-order valence-electron chi connectivity index (χ2n) is 5.23. The van der Waals surface area contributed by atoms with Crippen LogP contribution in [0.4, 0.5) is 23.1 Å². The minimum atomic E-state index is 0.413. The normalized spacial score (nSPS) is 10.8. The van der Waals surface area contributed by atoms with Gasteiger partial charge in [-0.3, -0.25) is 0 Å². The van der Waals surface area contributed by atoms with E-state index in [1.165, 1.54) is 0 Å². The third kappa shape index (κ3) is 3.35. The van der Waals surface area contributed by atoms with Gasteiger partial charge in [0, 0.05) is 10.7 Å².